The molecule has 0 aliphatic carbocycles. The minimum Gasteiger partial charge on any atom is -0.378 e. The maximum Gasteiger partial charge on any atom is 0.0551 e. The zero-order chi connectivity index (χ0) is 12.0. The van der Waals surface area contributed by atoms with Gasteiger partial charge in [-0.15, -0.1) is 0 Å². The standard InChI is InChI=1S/C14H29NO/c1-5-15-14(8-6-7-11(2)3)13-9-12(4)16-10-13/h11-15H,5-10H2,1-4H3. The highest BCUT2D eigenvalue weighted by molar-refractivity contribution is 4.82. The van der Waals surface area contributed by atoms with Gasteiger partial charge in [-0.05, 0) is 32.2 Å². The lowest BCUT2D eigenvalue weighted by molar-refractivity contribution is 0.116. The molecule has 0 saturated carbocycles. The van der Waals surface area contributed by atoms with Crippen LogP contribution >= 0.6 is 0 Å². The topological polar surface area (TPSA) is 21.3 Å². The van der Waals surface area contributed by atoms with E-state index in [4.69, 9.17) is 4.74 Å². The maximum absolute atomic E-state index is 5.68. The summed E-state index contributed by atoms with van der Waals surface area (Å²) in [6.07, 6.45) is 5.72. The van der Waals surface area contributed by atoms with Crippen LogP contribution in [0.4, 0.5) is 0 Å². The molecular formula is C14H29NO. The monoisotopic (exact) mass is 227 g/mol. The largest absolute Gasteiger partial charge is 0.378 e. The Morgan fingerprint density at radius 3 is 2.56 bits per heavy atom. The van der Waals surface area contributed by atoms with Crippen LogP contribution in [0.5, 0.6) is 0 Å². The van der Waals surface area contributed by atoms with Gasteiger partial charge in [0.1, 0.15) is 0 Å². The summed E-state index contributed by atoms with van der Waals surface area (Å²) in [6.45, 7) is 11.1. The van der Waals surface area contributed by atoms with Crippen molar-refractivity contribution >= 4 is 0 Å². The third-order valence-corrected chi connectivity index (χ3v) is 3.56. The van der Waals surface area contributed by atoms with E-state index in [1.54, 1.807) is 0 Å². The van der Waals surface area contributed by atoms with Crippen LogP contribution in [0, 0.1) is 11.8 Å². The molecule has 0 aromatic heterocycles. The lowest BCUT2D eigenvalue weighted by Crippen LogP contribution is -2.36. The van der Waals surface area contributed by atoms with E-state index in [0.29, 0.717) is 12.1 Å². The molecule has 0 radical (unpaired) electrons. The van der Waals surface area contributed by atoms with E-state index in [2.05, 4.69) is 33.0 Å². The molecule has 0 amide bonds. The second kappa shape index (κ2) is 7.29. The molecule has 1 rings (SSSR count). The molecule has 96 valence electrons. The summed E-state index contributed by atoms with van der Waals surface area (Å²) < 4.78 is 5.68. The van der Waals surface area contributed by atoms with Crippen LogP contribution in [0.15, 0.2) is 0 Å². The van der Waals surface area contributed by atoms with Gasteiger partial charge in [0.2, 0.25) is 0 Å². The molecule has 16 heavy (non-hydrogen) atoms. The molecule has 0 aromatic rings. The molecule has 1 heterocycles. The van der Waals surface area contributed by atoms with E-state index in [0.717, 1.165) is 25.0 Å². The van der Waals surface area contributed by atoms with Crippen molar-refractivity contribution in [1.82, 2.24) is 5.32 Å². The van der Waals surface area contributed by atoms with Gasteiger partial charge in [0.25, 0.3) is 0 Å². The van der Waals surface area contributed by atoms with E-state index in [-0.39, 0.29) is 0 Å². The molecule has 1 aliphatic heterocycles. The SMILES string of the molecule is CCNC(CCCC(C)C)C1COC(C)C1. The Balaban J connectivity index is 2.29. The number of nitrogens with one attached hydrogen (secondary N) is 1. The first-order valence-electron chi connectivity index (χ1n) is 6.98. The normalized spacial score (nSPS) is 27.6. The Kier molecular flexibility index (Phi) is 6.37. The highest BCUT2D eigenvalue weighted by Gasteiger charge is 2.28. The summed E-state index contributed by atoms with van der Waals surface area (Å²) in [5.41, 5.74) is 0. The molecule has 1 fully saturated rings. The molecule has 1 N–H and O–H groups in total. The Morgan fingerprint density at radius 1 is 1.31 bits per heavy atom. The van der Waals surface area contributed by atoms with Crippen molar-refractivity contribution in [3.8, 4) is 0 Å². The third-order valence-electron chi connectivity index (χ3n) is 3.56. The molecule has 3 unspecified atom stereocenters. The van der Waals surface area contributed by atoms with Gasteiger partial charge < -0.3 is 10.1 Å². The number of rotatable bonds is 7. The fraction of sp³-hybridized carbons (Fsp3) is 1.00. The predicted molar refractivity (Wildman–Crippen MR) is 69.7 cm³/mol. The Bertz CT molecular complexity index is 182. The van der Waals surface area contributed by atoms with Crippen LogP contribution in [0.1, 0.15) is 53.4 Å². The van der Waals surface area contributed by atoms with Gasteiger partial charge in [-0.3, -0.25) is 0 Å². The summed E-state index contributed by atoms with van der Waals surface area (Å²) >= 11 is 0. The van der Waals surface area contributed by atoms with Crippen LogP contribution in [0.2, 0.25) is 0 Å². The van der Waals surface area contributed by atoms with Crippen LogP contribution in [0.25, 0.3) is 0 Å². The molecular weight excluding hydrogens is 198 g/mol. The molecule has 0 bridgehead atoms. The summed E-state index contributed by atoms with van der Waals surface area (Å²) in [5.74, 6) is 1.57. The first-order chi connectivity index (χ1) is 7.63. The summed E-state index contributed by atoms with van der Waals surface area (Å²) in [6, 6.07) is 0.675. The van der Waals surface area contributed by atoms with Crippen molar-refractivity contribution in [2.75, 3.05) is 13.2 Å². The fourth-order valence-electron chi connectivity index (χ4n) is 2.64. The Morgan fingerprint density at radius 2 is 2.06 bits per heavy atom. The van der Waals surface area contributed by atoms with Crippen LogP contribution in [-0.4, -0.2) is 25.3 Å². The maximum atomic E-state index is 5.68. The van der Waals surface area contributed by atoms with Crippen LogP contribution in [-0.2, 0) is 4.74 Å². The number of hydrogen-bond donors (Lipinski definition) is 1. The minimum atomic E-state index is 0.469. The lowest BCUT2D eigenvalue weighted by Gasteiger charge is -2.23. The fourth-order valence-corrected chi connectivity index (χ4v) is 2.64. The Labute approximate surface area is 101 Å². The van der Waals surface area contributed by atoms with Crippen molar-refractivity contribution in [2.24, 2.45) is 11.8 Å². The smallest absolute Gasteiger partial charge is 0.0551 e. The molecule has 0 aromatic carbocycles. The second-order valence-electron chi connectivity index (χ2n) is 5.63. The quantitative estimate of drug-likeness (QED) is 0.721. The molecule has 0 spiro atoms. The minimum absolute atomic E-state index is 0.469. The second-order valence-corrected chi connectivity index (χ2v) is 5.63. The van der Waals surface area contributed by atoms with Gasteiger partial charge in [0.15, 0.2) is 0 Å². The third kappa shape index (κ3) is 4.84. The van der Waals surface area contributed by atoms with Gasteiger partial charge in [-0.1, -0.05) is 33.6 Å². The zero-order valence-electron chi connectivity index (χ0n) is 11.5. The summed E-state index contributed by atoms with van der Waals surface area (Å²) in [7, 11) is 0. The van der Waals surface area contributed by atoms with Crippen molar-refractivity contribution in [1.29, 1.82) is 0 Å². The highest BCUT2D eigenvalue weighted by atomic mass is 16.5. The average Bonchev–Trinajstić information content (AvgIpc) is 2.63. The molecule has 2 heteroatoms. The van der Waals surface area contributed by atoms with Gasteiger partial charge in [-0.25, -0.2) is 0 Å². The first kappa shape index (κ1) is 14.0. The van der Waals surface area contributed by atoms with E-state index in [1.165, 1.54) is 25.7 Å². The van der Waals surface area contributed by atoms with Gasteiger partial charge in [-0.2, -0.15) is 0 Å². The zero-order valence-corrected chi connectivity index (χ0v) is 11.5. The molecule has 1 aliphatic rings. The van der Waals surface area contributed by atoms with E-state index in [1.807, 2.05) is 0 Å². The predicted octanol–water partition coefficient (Wildman–Crippen LogP) is 3.22. The molecule has 1 saturated heterocycles. The molecule has 3 atom stereocenters. The summed E-state index contributed by atoms with van der Waals surface area (Å²) in [5, 5.41) is 3.64. The lowest BCUT2D eigenvalue weighted by atomic mass is 9.91. The molecule has 2 nitrogen and oxygen atoms in total. The first-order valence-corrected chi connectivity index (χ1v) is 6.98. The van der Waals surface area contributed by atoms with Crippen molar-refractivity contribution < 1.29 is 4.74 Å². The van der Waals surface area contributed by atoms with Crippen LogP contribution in [0.3, 0.4) is 0 Å². The van der Waals surface area contributed by atoms with Crippen molar-refractivity contribution in [3.63, 3.8) is 0 Å². The Hall–Kier alpha value is -0.0800. The van der Waals surface area contributed by atoms with Gasteiger partial charge in [0.05, 0.1) is 12.7 Å². The van der Waals surface area contributed by atoms with E-state index < -0.39 is 0 Å². The van der Waals surface area contributed by atoms with Crippen molar-refractivity contribution in [3.05, 3.63) is 0 Å². The van der Waals surface area contributed by atoms with Crippen molar-refractivity contribution in [2.45, 2.75) is 65.5 Å². The number of hydrogen-bond acceptors (Lipinski definition) is 2. The van der Waals surface area contributed by atoms with Crippen LogP contribution < -0.4 is 5.32 Å². The van der Waals surface area contributed by atoms with E-state index >= 15 is 0 Å². The summed E-state index contributed by atoms with van der Waals surface area (Å²) in [4.78, 5) is 0. The van der Waals surface area contributed by atoms with Gasteiger partial charge in [0, 0.05) is 12.0 Å². The highest BCUT2D eigenvalue weighted by Crippen LogP contribution is 2.25. The van der Waals surface area contributed by atoms with Gasteiger partial charge >= 0.3 is 0 Å². The number of ether oxygens (including phenoxy) is 1. The average molecular weight is 227 g/mol. The van der Waals surface area contributed by atoms with E-state index in [9.17, 15) is 0 Å².